The third-order valence-electron chi connectivity index (χ3n) is 5.66. The molecule has 3 atom stereocenters. The van der Waals surface area contributed by atoms with Crippen LogP contribution in [0.15, 0.2) is 58.4 Å². The summed E-state index contributed by atoms with van der Waals surface area (Å²) in [5.41, 5.74) is 0.404. The lowest BCUT2D eigenvalue weighted by Crippen LogP contribution is -2.49. The van der Waals surface area contributed by atoms with Crippen LogP contribution in [-0.4, -0.2) is 58.3 Å². The van der Waals surface area contributed by atoms with Gasteiger partial charge in [-0.2, -0.15) is 0 Å². The molecule has 1 aromatic heterocycles. The molecule has 2 aromatic carbocycles. The number of rotatable bonds is 10. The number of anilines is 1. The number of amides is 4. The van der Waals surface area contributed by atoms with Crippen LogP contribution in [-0.2, 0) is 16.0 Å². The van der Waals surface area contributed by atoms with Gasteiger partial charge in [0, 0.05) is 14.9 Å². The van der Waals surface area contributed by atoms with Crippen molar-refractivity contribution in [3.63, 3.8) is 0 Å². The Bertz CT molecular complexity index is 1340. The molecule has 0 aliphatic carbocycles. The molecule has 0 unspecified atom stereocenters. The van der Waals surface area contributed by atoms with Crippen LogP contribution in [0.5, 0.6) is 5.75 Å². The van der Waals surface area contributed by atoms with Gasteiger partial charge in [0.25, 0.3) is 5.91 Å². The standard InChI is InChI=1S/C25H22BrFIN3O6S/c26-21-8-6-17(38-21)10-20(23(34)29-19-7-3-14(28)9-18(19)27)31-24(35)22(30-25(31)36)13-1-4-16(5-2-13)37-12-15(33)11-32/h1-9,15,20,22,32-33H,10-12H2,(H,29,34)(H,30,36)/t15-,20-,22+/m0/s1. The van der Waals surface area contributed by atoms with E-state index >= 15 is 0 Å². The second kappa shape index (κ2) is 12.5. The minimum absolute atomic E-state index is 0.0416. The Morgan fingerprint density at radius 3 is 2.58 bits per heavy atom. The molecule has 0 spiro atoms. The van der Waals surface area contributed by atoms with Gasteiger partial charge in [-0.25, -0.2) is 14.1 Å². The number of imide groups is 1. The van der Waals surface area contributed by atoms with Crippen molar-refractivity contribution in [2.45, 2.75) is 24.6 Å². The molecule has 2 heterocycles. The zero-order valence-corrected chi connectivity index (χ0v) is 24.1. The largest absolute Gasteiger partial charge is 0.491 e. The molecule has 1 aliphatic heterocycles. The molecule has 0 bridgehead atoms. The molecule has 1 fully saturated rings. The van der Waals surface area contributed by atoms with E-state index in [4.69, 9.17) is 9.84 Å². The summed E-state index contributed by atoms with van der Waals surface area (Å²) in [6.45, 7) is -0.552. The van der Waals surface area contributed by atoms with Crippen LogP contribution in [0.4, 0.5) is 14.9 Å². The van der Waals surface area contributed by atoms with Gasteiger partial charge in [-0.1, -0.05) is 12.1 Å². The average molecular weight is 718 g/mol. The number of halogens is 3. The Morgan fingerprint density at radius 2 is 1.95 bits per heavy atom. The van der Waals surface area contributed by atoms with Crippen molar-refractivity contribution in [1.82, 2.24) is 10.2 Å². The maximum absolute atomic E-state index is 14.5. The highest BCUT2D eigenvalue weighted by molar-refractivity contribution is 14.1. The van der Waals surface area contributed by atoms with Crippen LogP contribution in [0.3, 0.4) is 0 Å². The summed E-state index contributed by atoms with van der Waals surface area (Å²) in [7, 11) is 0. The highest BCUT2D eigenvalue weighted by Crippen LogP contribution is 2.30. The molecule has 3 aromatic rings. The zero-order valence-electron chi connectivity index (χ0n) is 19.6. The van der Waals surface area contributed by atoms with E-state index in [0.29, 0.717) is 14.9 Å². The van der Waals surface area contributed by atoms with E-state index < -0.39 is 48.5 Å². The van der Waals surface area contributed by atoms with Crippen molar-refractivity contribution < 1.29 is 33.7 Å². The summed E-state index contributed by atoms with van der Waals surface area (Å²) >= 11 is 6.69. The van der Waals surface area contributed by atoms with E-state index in [9.17, 15) is 23.9 Å². The highest BCUT2D eigenvalue weighted by Gasteiger charge is 2.45. The molecule has 1 saturated heterocycles. The molecule has 13 heteroatoms. The molecule has 0 saturated carbocycles. The maximum Gasteiger partial charge on any atom is 0.325 e. The Morgan fingerprint density at radius 1 is 1.21 bits per heavy atom. The Hall–Kier alpha value is -2.59. The lowest BCUT2D eigenvalue weighted by molar-refractivity contribution is -0.134. The first kappa shape index (κ1) is 28.4. The zero-order chi connectivity index (χ0) is 27.4. The number of hydrogen-bond acceptors (Lipinski definition) is 7. The second-order valence-corrected chi connectivity index (χ2v) is 12.1. The number of urea groups is 1. The minimum Gasteiger partial charge on any atom is -0.491 e. The summed E-state index contributed by atoms with van der Waals surface area (Å²) in [6, 6.07) is 11.2. The van der Waals surface area contributed by atoms with Gasteiger partial charge in [0.05, 0.1) is 16.1 Å². The molecular weight excluding hydrogens is 696 g/mol. The Balaban J connectivity index is 1.56. The first-order chi connectivity index (χ1) is 18.2. The molecule has 0 radical (unpaired) electrons. The number of thiophene rings is 1. The van der Waals surface area contributed by atoms with E-state index in [1.807, 2.05) is 22.6 Å². The summed E-state index contributed by atoms with van der Waals surface area (Å²) in [6.07, 6.45) is -0.987. The van der Waals surface area contributed by atoms with Gasteiger partial charge in [-0.15, -0.1) is 11.3 Å². The minimum atomic E-state index is -1.24. The van der Waals surface area contributed by atoms with Gasteiger partial charge < -0.3 is 25.6 Å². The summed E-state index contributed by atoms with van der Waals surface area (Å²) in [4.78, 5) is 41.4. The Kier molecular flexibility index (Phi) is 9.36. The third kappa shape index (κ3) is 6.69. The van der Waals surface area contributed by atoms with Crippen LogP contribution in [0.1, 0.15) is 16.5 Å². The topological polar surface area (TPSA) is 128 Å². The molecule has 4 rings (SSSR count). The van der Waals surface area contributed by atoms with Gasteiger partial charge >= 0.3 is 6.03 Å². The van der Waals surface area contributed by atoms with Crippen LogP contribution in [0.25, 0.3) is 0 Å². The van der Waals surface area contributed by atoms with E-state index in [2.05, 4.69) is 26.6 Å². The number of nitrogens with one attached hydrogen (secondary N) is 2. The van der Waals surface area contributed by atoms with Crippen molar-refractivity contribution >= 4 is 73.4 Å². The number of aliphatic hydroxyl groups is 2. The third-order valence-corrected chi connectivity index (χ3v) is 7.98. The number of carbonyl (C=O) groups excluding carboxylic acids is 3. The first-order valence-corrected chi connectivity index (χ1v) is 14.0. The highest BCUT2D eigenvalue weighted by atomic mass is 127. The van der Waals surface area contributed by atoms with E-state index in [-0.39, 0.29) is 18.7 Å². The molecule has 9 nitrogen and oxygen atoms in total. The smallest absolute Gasteiger partial charge is 0.325 e. The van der Waals surface area contributed by atoms with Gasteiger partial charge in [-0.05, 0) is 86.5 Å². The van der Waals surface area contributed by atoms with E-state index in [1.54, 1.807) is 42.5 Å². The van der Waals surface area contributed by atoms with Crippen LogP contribution < -0.4 is 15.4 Å². The summed E-state index contributed by atoms with van der Waals surface area (Å²) in [5.74, 6) is -1.56. The summed E-state index contributed by atoms with van der Waals surface area (Å²) < 4.78 is 21.3. The fourth-order valence-corrected chi connectivity index (χ4v) is 5.75. The van der Waals surface area contributed by atoms with Gasteiger partial charge in [0.2, 0.25) is 5.91 Å². The first-order valence-electron chi connectivity index (χ1n) is 11.3. The van der Waals surface area contributed by atoms with Crippen LogP contribution in [0.2, 0.25) is 0 Å². The van der Waals surface area contributed by atoms with Gasteiger partial charge in [0.1, 0.15) is 36.4 Å². The second-order valence-electron chi connectivity index (χ2n) is 8.35. The quantitative estimate of drug-likeness (QED) is 0.187. The van der Waals surface area contributed by atoms with Crippen LogP contribution in [0, 0.1) is 9.39 Å². The molecular formula is C25H22BrFIN3O6S. The lowest BCUT2D eigenvalue weighted by atomic mass is 10.1. The fraction of sp³-hybridized carbons (Fsp3) is 0.240. The van der Waals surface area contributed by atoms with Gasteiger partial charge in [0.15, 0.2) is 0 Å². The number of nitrogens with zero attached hydrogens (tertiary/aromatic N) is 1. The SMILES string of the molecule is O=C(Nc1ccc(I)cc1F)[C@H](Cc1ccc(Br)s1)N1C(=O)N[C@H](c2ccc(OC[C@@H](O)CO)cc2)C1=O. The number of aliphatic hydroxyl groups excluding tert-OH is 2. The number of carbonyl (C=O) groups is 3. The summed E-state index contributed by atoms with van der Waals surface area (Å²) in [5, 5.41) is 23.5. The van der Waals surface area contributed by atoms with E-state index in [0.717, 1.165) is 13.6 Å². The monoisotopic (exact) mass is 717 g/mol. The average Bonchev–Trinajstić information content (AvgIpc) is 3.44. The van der Waals surface area contributed by atoms with Crippen molar-refractivity contribution in [2.75, 3.05) is 18.5 Å². The van der Waals surface area contributed by atoms with Crippen molar-refractivity contribution in [2.24, 2.45) is 0 Å². The Labute approximate surface area is 243 Å². The normalized spacial score (nSPS) is 16.8. The van der Waals surface area contributed by atoms with Crippen molar-refractivity contribution in [1.29, 1.82) is 0 Å². The van der Waals surface area contributed by atoms with Crippen molar-refractivity contribution in [3.8, 4) is 5.75 Å². The fourth-order valence-electron chi connectivity index (χ4n) is 3.78. The van der Waals surface area contributed by atoms with Crippen molar-refractivity contribution in [3.05, 3.63) is 78.2 Å². The lowest BCUT2D eigenvalue weighted by Gasteiger charge is -2.24. The molecule has 4 N–H and O–H groups in total. The maximum atomic E-state index is 14.5. The molecule has 1 aliphatic rings. The molecule has 200 valence electrons. The van der Waals surface area contributed by atoms with E-state index in [1.165, 1.54) is 23.5 Å². The molecule has 4 amide bonds. The number of benzene rings is 2. The van der Waals surface area contributed by atoms with Gasteiger partial charge in [-0.3, -0.25) is 9.59 Å². The number of hydrogen-bond donors (Lipinski definition) is 4. The van der Waals surface area contributed by atoms with Crippen LogP contribution >= 0.6 is 49.9 Å². The predicted octanol–water partition coefficient (Wildman–Crippen LogP) is 3.83. The molecule has 38 heavy (non-hydrogen) atoms. The number of ether oxygens (including phenoxy) is 1. The predicted molar refractivity (Wildman–Crippen MR) is 150 cm³/mol.